The van der Waals surface area contributed by atoms with Crippen molar-refractivity contribution in [2.45, 2.75) is 19.9 Å². The Labute approximate surface area is 190 Å². The van der Waals surface area contributed by atoms with Gasteiger partial charge in [0.1, 0.15) is 5.82 Å². The Morgan fingerprint density at radius 3 is 2.83 bits per heavy atom. The lowest BCUT2D eigenvalue weighted by atomic mass is 10.1. The minimum absolute atomic E-state index is 0.159. The predicted molar refractivity (Wildman–Crippen MR) is 129 cm³/mol. The van der Waals surface area contributed by atoms with Gasteiger partial charge >= 0.3 is 0 Å². The topological polar surface area (TPSA) is 70.2 Å². The Morgan fingerprint density at radius 1 is 1.23 bits per heavy atom. The van der Waals surface area contributed by atoms with E-state index < -0.39 is 0 Å². The molecule has 154 valence electrons. The molecule has 1 aromatic carbocycles. The number of anilines is 2. The highest BCUT2D eigenvalue weighted by Gasteiger charge is 2.19. The van der Waals surface area contributed by atoms with Crippen molar-refractivity contribution in [3.05, 3.63) is 69.6 Å². The molecule has 3 heterocycles. The molecular formula is C23H24IN5O. The SMILES string of the molecule is Cc1nc(N2CCN[C@@H](C)C2)ccc1C(=O)Nc1ccc(I)c(-c2ccccn2)c1. The molecule has 1 fully saturated rings. The Hall–Kier alpha value is -2.52. The number of carbonyl (C=O) groups is 1. The van der Waals surface area contributed by atoms with Crippen LogP contribution in [0.25, 0.3) is 11.3 Å². The Kier molecular flexibility index (Phi) is 6.29. The number of amides is 1. The molecule has 0 bridgehead atoms. The van der Waals surface area contributed by atoms with E-state index in [0.717, 1.165) is 51.7 Å². The lowest BCUT2D eigenvalue weighted by Gasteiger charge is -2.33. The lowest BCUT2D eigenvalue weighted by Crippen LogP contribution is -2.49. The minimum Gasteiger partial charge on any atom is -0.354 e. The molecule has 4 rings (SSSR count). The van der Waals surface area contributed by atoms with Gasteiger partial charge in [0.2, 0.25) is 0 Å². The zero-order chi connectivity index (χ0) is 21.1. The number of carbonyl (C=O) groups excluding carboxylic acids is 1. The first-order valence-corrected chi connectivity index (χ1v) is 11.1. The van der Waals surface area contributed by atoms with Crippen molar-refractivity contribution in [1.29, 1.82) is 0 Å². The van der Waals surface area contributed by atoms with Gasteiger partial charge in [-0.2, -0.15) is 0 Å². The van der Waals surface area contributed by atoms with Gasteiger partial charge in [-0.15, -0.1) is 0 Å². The highest BCUT2D eigenvalue weighted by Crippen LogP contribution is 2.27. The molecule has 30 heavy (non-hydrogen) atoms. The van der Waals surface area contributed by atoms with Crippen molar-refractivity contribution in [2.75, 3.05) is 29.9 Å². The smallest absolute Gasteiger partial charge is 0.257 e. The average Bonchev–Trinajstić information content (AvgIpc) is 2.75. The summed E-state index contributed by atoms with van der Waals surface area (Å²) in [5.74, 6) is 0.762. The van der Waals surface area contributed by atoms with Crippen LogP contribution in [0.4, 0.5) is 11.5 Å². The number of rotatable bonds is 4. The molecule has 2 aromatic heterocycles. The summed E-state index contributed by atoms with van der Waals surface area (Å²) in [4.78, 5) is 24.3. The molecular weight excluding hydrogens is 489 g/mol. The number of benzene rings is 1. The summed E-state index contributed by atoms with van der Waals surface area (Å²) in [5.41, 5.74) is 3.92. The number of aryl methyl sites for hydroxylation is 1. The molecule has 1 atom stereocenters. The van der Waals surface area contributed by atoms with E-state index in [1.165, 1.54) is 0 Å². The number of nitrogens with one attached hydrogen (secondary N) is 2. The van der Waals surface area contributed by atoms with Crippen LogP contribution >= 0.6 is 22.6 Å². The first kappa shape index (κ1) is 20.7. The fourth-order valence-corrected chi connectivity index (χ4v) is 4.24. The number of hydrogen-bond donors (Lipinski definition) is 2. The maximum Gasteiger partial charge on any atom is 0.257 e. The van der Waals surface area contributed by atoms with Gasteiger partial charge < -0.3 is 15.5 Å². The molecule has 1 aliphatic heterocycles. The van der Waals surface area contributed by atoms with Gasteiger partial charge in [0.15, 0.2) is 0 Å². The van der Waals surface area contributed by atoms with E-state index in [4.69, 9.17) is 4.98 Å². The van der Waals surface area contributed by atoms with Crippen LogP contribution in [0.5, 0.6) is 0 Å². The number of halogens is 1. The minimum atomic E-state index is -0.159. The largest absolute Gasteiger partial charge is 0.354 e. The summed E-state index contributed by atoms with van der Waals surface area (Å²) in [6.07, 6.45) is 1.77. The third-order valence-electron chi connectivity index (χ3n) is 5.17. The van der Waals surface area contributed by atoms with E-state index in [9.17, 15) is 4.79 Å². The van der Waals surface area contributed by atoms with Crippen molar-refractivity contribution >= 4 is 40.0 Å². The molecule has 0 spiro atoms. The number of aromatic nitrogens is 2. The number of hydrogen-bond acceptors (Lipinski definition) is 5. The molecule has 0 unspecified atom stereocenters. The molecule has 0 saturated carbocycles. The fourth-order valence-electron chi connectivity index (χ4n) is 3.62. The van der Waals surface area contributed by atoms with Crippen LogP contribution in [-0.2, 0) is 0 Å². The van der Waals surface area contributed by atoms with Gasteiger partial charge in [0.05, 0.1) is 17.0 Å². The predicted octanol–water partition coefficient (Wildman–Crippen LogP) is 4.11. The number of pyridine rings is 2. The summed E-state index contributed by atoms with van der Waals surface area (Å²) in [6, 6.07) is 15.9. The van der Waals surface area contributed by atoms with Crippen LogP contribution in [-0.4, -0.2) is 41.6 Å². The second kappa shape index (κ2) is 9.09. The third-order valence-corrected chi connectivity index (χ3v) is 6.11. The highest BCUT2D eigenvalue weighted by atomic mass is 127. The zero-order valence-corrected chi connectivity index (χ0v) is 19.2. The van der Waals surface area contributed by atoms with E-state index in [2.05, 4.69) is 50.0 Å². The molecule has 2 N–H and O–H groups in total. The summed E-state index contributed by atoms with van der Waals surface area (Å²) >= 11 is 2.29. The maximum absolute atomic E-state index is 12.9. The van der Waals surface area contributed by atoms with Crippen LogP contribution in [0, 0.1) is 10.5 Å². The molecule has 7 heteroatoms. The van der Waals surface area contributed by atoms with E-state index in [0.29, 0.717) is 11.6 Å². The average molecular weight is 513 g/mol. The summed E-state index contributed by atoms with van der Waals surface area (Å²) in [7, 11) is 0. The molecule has 6 nitrogen and oxygen atoms in total. The summed E-state index contributed by atoms with van der Waals surface area (Å²) < 4.78 is 1.08. The number of nitrogens with zero attached hydrogens (tertiary/aromatic N) is 3. The van der Waals surface area contributed by atoms with Crippen LogP contribution in [0.2, 0.25) is 0 Å². The van der Waals surface area contributed by atoms with Gasteiger partial charge in [-0.05, 0) is 78.9 Å². The van der Waals surface area contributed by atoms with E-state index in [1.54, 1.807) is 6.20 Å². The van der Waals surface area contributed by atoms with Crippen LogP contribution in [0.3, 0.4) is 0 Å². The highest BCUT2D eigenvalue weighted by molar-refractivity contribution is 14.1. The van der Waals surface area contributed by atoms with E-state index in [1.807, 2.05) is 55.5 Å². The molecule has 1 aliphatic rings. The van der Waals surface area contributed by atoms with Gasteiger partial charge in [-0.1, -0.05) is 6.07 Å². The molecule has 1 amide bonds. The van der Waals surface area contributed by atoms with Gasteiger partial charge in [-0.25, -0.2) is 4.98 Å². The van der Waals surface area contributed by atoms with Gasteiger partial charge in [0, 0.05) is 46.7 Å². The molecule has 0 radical (unpaired) electrons. The van der Waals surface area contributed by atoms with Crippen molar-refractivity contribution in [2.24, 2.45) is 0 Å². The van der Waals surface area contributed by atoms with Crippen LogP contribution in [0.15, 0.2) is 54.7 Å². The Bertz CT molecular complexity index is 1060. The second-order valence-corrected chi connectivity index (χ2v) is 8.63. The lowest BCUT2D eigenvalue weighted by molar-refractivity contribution is 0.102. The van der Waals surface area contributed by atoms with Gasteiger partial charge in [-0.3, -0.25) is 9.78 Å². The van der Waals surface area contributed by atoms with Crippen molar-refractivity contribution in [3.63, 3.8) is 0 Å². The molecule has 0 aliphatic carbocycles. The van der Waals surface area contributed by atoms with Crippen molar-refractivity contribution in [3.8, 4) is 11.3 Å². The first-order chi connectivity index (χ1) is 14.5. The van der Waals surface area contributed by atoms with E-state index in [-0.39, 0.29) is 5.91 Å². The van der Waals surface area contributed by atoms with Gasteiger partial charge in [0.25, 0.3) is 5.91 Å². The zero-order valence-electron chi connectivity index (χ0n) is 17.0. The maximum atomic E-state index is 12.9. The Balaban J connectivity index is 1.53. The first-order valence-electron chi connectivity index (χ1n) is 9.99. The molecule has 3 aromatic rings. The van der Waals surface area contributed by atoms with Crippen molar-refractivity contribution < 1.29 is 4.79 Å². The number of piperazine rings is 1. The quantitative estimate of drug-likeness (QED) is 0.515. The standard InChI is InChI=1S/C23H24IN5O/c1-15-14-29(12-11-25-15)22-9-7-18(16(2)27-22)23(30)28-17-6-8-20(24)19(13-17)21-5-3-4-10-26-21/h3-10,13,15,25H,11-12,14H2,1-2H3,(H,28,30)/t15-/m0/s1. The summed E-state index contributed by atoms with van der Waals surface area (Å²) in [6.45, 7) is 6.83. The van der Waals surface area contributed by atoms with Crippen LogP contribution < -0.4 is 15.5 Å². The fraction of sp³-hybridized carbons (Fsp3) is 0.261. The monoisotopic (exact) mass is 513 g/mol. The molecule has 1 saturated heterocycles. The Morgan fingerprint density at radius 2 is 2.10 bits per heavy atom. The third kappa shape index (κ3) is 4.62. The van der Waals surface area contributed by atoms with Crippen molar-refractivity contribution in [1.82, 2.24) is 15.3 Å². The summed E-state index contributed by atoms with van der Waals surface area (Å²) in [5, 5.41) is 6.44. The van der Waals surface area contributed by atoms with Crippen LogP contribution in [0.1, 0.15) is 23.0 Å². The normalized spacial score (nSPS) is 16.4. The second-order valence-electron chi connectivity index (χ2n) is 7.47. The van der Waals surface area contributed by atoms with E-state index >= 15 is 0 Å².